The van der Waals surface area contributed by atoms with Crippen molar-refractivity contribution in [1.82, 2.24) is 19.6 Å². The van der Waals surface area contributed by atoms with Crippen LogP contribution >= 0.6 is 11.8 Å². The largest absolute Gasteiger partial charge is 0.468 e. The van der Waals surface area contributed by atoms with Crippen LogP contribution in [0.5, 0.6) is 0 Å². The molecule has 0 aromatic carbocycles. The molecule has 0 N–H and O–H groups in total. The summed E-state index contributed by atoms with van der Waals surface area (Å²) in [6, 6.07) is 1.76. The van der Waals surface area contributed by atoms with E-state index in [0.717, 1.165) is 0 Å². The zero-order valence-electron chi connectivity index (χ0n) is 8.82. The summed E-state index contributed by atoms with van der Waals surface area (Å²) in [6.45, 7) is 1.75. The maximum Gasteiger partial charge on any atom is 0.318 e. The molecule has 1 atom stereocenters. The number of thioether (sulfide) groups is 1. The highest BCUT2D eigenvalue weighted by molar-refractivity contribution is 8.00. The fourth-order valence-corrected chi connectivity index (χ4v) is 1.91. The van der Waals surface area contributed by atoms with Gasteiger partial charge in [-0.05, 0) is 13.0 Å². The van der Waals surface area contributed by atoms with Crippen molar-refractivity contribution in [3.8, 4) is 0 Å². The molecule has 2 aromatic heterocycles. The van der Waals surface area contributed by atoms with E-state index in [1.54, 1.807) is 29.9 Å². The predicted octanol–water partition coefficient (Wildman–Crippen LogP) is 0.778. The molecule has 0 aliphatic carbocycles. The second kappa shape index (κ2) is 4.48. The van der Waals surface area contributed by atoms with Crippen LogP contribution < -0.4 is 0 Å². The van der Waals surface area contributed by atoms with Gasteiger partial charge in [-0.15, -0.1) is 5.10 Å². The van der Waals surface area contributed by atoms with Gasteiger partial charge in [0.05, 0.1) is 7.11 Å². The highest BCUT2D eigenvalue weighted by Crippen LogP contribution is 2.20. The van der Waals surface area contributed by atoms with E-state index in [-0.39, 0.29) is 11.2 Å². The molecule has 0 aliphatic heterocycles. The molecule has 0 saturated carbocycles. The smallest absolute Gasteiger partial charge is 0.318 e. The summed E-state index contributed by atoms with van der Waals surface area (Å²) in [5.74, 6) is 0.221. The number of carbonyl (C=O) groups is 1. The van der Waals surface area contributed by atoms with Gasteiger partial charge in [0.2, 0.25) is 5.16 Å². The highest BCUT2D eigenvalue weighted by atomic mass is 32.2. The molecular formula is C9H10N4O2S. The Hall–Kier alpha value is -1.63. The van der Waals surface area contributed by atoms with Crippen molar-refractivity contribution in [2.75, 3.05) is 7.11 Å². The van der Waals surface area contributed by atoms with E-state index in [1.807, 2.05) is 0 Å². The predicted molar refractivity (Wildman–Crippen MR) is 58.1 cm³/mol. The minimum atomic E-state index is -0.331. The Labute approximate surface area is 96.0 Å². The van der Waals surface area contributed by atoms with Crippen LogP contribution in [0.25, 0.3) is 5.78 Å². The Morgan fingerprint density at radius 1 is 1.62 bits per heavy atom. The number of rotatable bonds is 3. The summed E-state index contributed by atoms with van der Waals surface area (Å²) >= 11 is 1.24. The Morgan fingerprint density at radius 3 is 3.12 bits per heavy atom. The van der Waals surface area contributed by atoms with Crippen LogP contribution in [0.4, 0.5) is 0 Å². The van der Waals surface area contributed by atoms with Crippen molar-refractivity contribution in [2.45, 2.75) is 17.3 Å². The van der Waals surface area contributed by atoms with Gasteiger partial charge in [0, 0.05) is 12.4 Å². The standard InChI is InChI=1S/C9H10N4O2S/c1-6(7(14)15-2)16-9-11-8-10-4-3-5-13(8)12-9/h3-6H,1-2H3. The van der Waals surface area contributed by atoms with Gasteiger partial charge in [0.1, 0.15) is 5.25 Å². The zero-order chi connectivity index (χ0) is 11.5. The van der Waals surface area contributed by atoms with Gasteiger partial charge in [0.15, 0.2) is 0 Å². The van der Waals surface area contributed by atoms with Crippen LogP contribution in [0, 0.1) is 0 Å². The van der Waals surface area contributed by atoms with E-state index in [2.05, 4.69) is 19.8 Å². The third-order valence-electron chi connectivity index (χ3n) is 1.91. The van der Waals surface area contributed by atoms with Crippen molar-refractivity contribution >= 4 is 23.5 Å². The van der Waals surface area contributed by atoms with Gasteiger partial charge in [-0.2, -0.15) is 4.98 Å². The fourth-order valence-electron chi connectivity index (χ4n) is 1.14. The molecule has 16 heavy (non-hydrogen) atoms. The summed E-state index contributed by atoms with van der Waals surface area (Å²) in [5.41, 5.74) is 0. The topological polar surface area (TPSA) is 69.4 Å². The molecule has 2 aromatic rings. The third kappa shape index (κ3) is 2.13. The minimum absolute atomic E-state index is 0.295. The van der Waals surface area contributed by atoms with Crippen LogP contribution in [-0.4, -0.2) is 37.9 Å². The van der Waals surface area contributed by atoms with Crippen LogP contribution in [0.3, 0.4) is 0 Å². The summed E-state index contributed by atoms with van der Waals surface area (Å²) in [4.78, 5) is 19.4. The van der Waals surface area contributed by atoms with Crippen molar-refractivity contribution in [3.63, 3.8) is 0 Å². The number of esters is 1. The van der Waals surface area contributed by atoms with Gasteiger partial charge in [-0.3, -0.25) is 4.79 Å². The third-order valence-corrected chi connectivity index (χ3v) is 2.84. The van der Waals surface area contributed by atoms with Crippen molar-refractivity contribution in [1.29, 1.82) is 0 Å². The molecule has 0 fully saturated rings. The Morgan fingerprint density at radius 2 is 2.44 bits per heavy atom. The Balaban J connectivity index is 2.18. The normalized spacial score (nSPS) is 12.6. The number of carbonyl (C=O) groups excluding carboxylic acids is 1. The molecule has 0 saturated heterocycles. The number of hydrogen-bond acceptors (Lipinski definition) is 6. The molecule has 0 radical (unpaired) electrons. The lowest BCUT2D eigenvalue weighted by Gasteiger charge is -2.04. The molecule has 84 valence electrons. The van der Waals surface area contributed by atoms with E-state index in [4.69, 9.17) is 0 Å². The summed E-state index contributed by atoms with van der Waals surface area (Å²) in [6.07, 6.45) is 3.39. The van der Waals surface area contributed by atoms with E-state index in [9.17, 15) is 4.79 Å². The number of hydrogen-bond donors (Lipinski definition) is 0. The Kier molecular flexibility index (Phi) is 3.04. The second-order valence-electron chi connectivity index (χ2n) is 3.04. The summed E-state index contributed by atoms with van der Waals surface area (Å²) < 4.78 is 6.18. The van der Waals surface area contributed by atoms with Gasteiger partial charge in [-0.1, -0.05) is 11.8 Å². The minimum Gasteiger partial charge on any atom is -0.468 e. The van der Waals surface area contributed by atoms with E-state index >= 15 is 0 Å². The maximum atomic E-state index is 11.2. The maximum absolute atomic E-state index is 11.2. The first-order valence-corrected chi connectivity index (χ1v) is 5.50. The first-order chi connectivity index (χ1) is 7.70. The van der Waals surface area contributed by atoms with Gasteiger partial charge in [-0.25, -0.2) is 9.50 Å². The van der Waals surface area contributed by atoms with E-state index in [1.165, 1.54) is 18.9 Å². The molecule has 6 nitrogen and oxygen atoms in total. The average Bonchev–Trinajstić information content (AvgIpc) is 2.69. The van der Waals surface area contributed by atoms with Gasteiger partial charge >= 0.3 is 5.97 Å². The number of ether oxygens (including phenoxy) is 1. The first kappa shape index (κ1) is 10.9. The van der Waals surface area contributed by atoms with Crippen molar-refractivity contribution in [2.24, 2.45) is 0 Å². The fraction of sp³-hybridized carbons (Fsp3) is 0.333. The SMILES string of the molecule is COC(=O)C(C)Sc1nc2ncccn2n1. The van der Waals surface area contributed by atoms with E-state index in [0.29, 0.717) is 10.9 Å². The molecule has 0 amide bonds. The number of nitrogens with zero attached hydrogens (tertiary/aromatic N) is 4. The molecule has 2 heterocycles. The molecule has 0 bridgehead atoms. The lowest BCUT2D eigenvalue weighted by atomic mass is 10.5. The monoisotopic (exact) mass is 238 g/mol. The lowest BCUT2D eigenvalue weighted by Crippen LogP contribution is -2.14. The first-order valence-electron chi connectivity index (χ1n) is 4.62. The average molecular weight is 238 g/mol. The molecule has 2 rings (SSSR count). The number of aromatic nitrogens is 4. The molecule has 1 unspecified atom stereocenters. The number of fused-ring (bicyclic) bond motifs is 1. The van der Waals surface area contributed by atoms with Gasteiger partial charge in [0.25, 0.3) is 5.78 Å². The van der Waals surface area contributed by atoms with Crippen LogP contribution in [0.2, 0.25) is 0 Å². The molecule has 0 aliphatic rings. The second-order valence-corrected chi connectivity index (χ2v) is 4.35. The zero-order valence-corrected chi connectivity index (χ0v) is 9.64. The molecule has 0 spiro atoms. The Bertz CT molecular complexity index is 480. The molecule has 7 heteroatoms. The van der Waals surface area contributed by atoms with Crippen LogP contribution in [-0.2, 0) is 9.53 Å². The van der Waals surface area contributed by atoms with Crippen LogP contribution in [0.15, 0.2) is 23.6 Å². The summed E-state index contributed by atoms with van der Waals surface area (Å²) in [5, 5.41) is 4.35. The quantitative estimate of drug-likeness (QED) is 0.581. The van der Waals surface area contributed by atoms with Gasteiger partial charge < -0.3 is 4.74 Å². The number of methoxy groups -OCH3 is 1. The van der Waals surface area contributed by atoms with Crippen molar-refractivity contribution in [3.05, 3.63) is 18.5 Å². The summed E-state index contributed by atoms with van der Waals surface area (Å²) in [7, 11) is 1.36. The lowest BCUT2D eigenvalue weighted by molar-refractivity contribution is -0.139. The van der Waals surface area contributed by atoms with Crippen LogP contribution in [0.1, 0.15) is 6.92 Å². The van der Waals surface area contributed by atoms with E-state index < -0.39 is 0 Å². The highest BCUT2D eigenvalue weighted by Gasteiger charge is 2.17. The molecular weight excluding hydrogens is 228 g/mol. The van der Waals surface area contributed by atoms with Crippen molar-refractivity contribution < 1.29 is 9.53 Å².